The Morgan fingerprint density at radius 3 is 2.86 bits per heavy atom. The van der Waals surface area contributed by atoms with E-state index in [1.807, 2.05) is 0 Å². The number of hydrogen-bond acceptors (Lipinski definition) is 5. The van der Waals surface area contributed by atoms with Crippen molar-refractivity contribution in [1.29, 1.82) is 0 Å². The van der Waals surface area contributed by atoms with Gasteiger partial charge in [0.15, 0.2) is 0 Å². The number of nitrogens with zero attached hydrogens (tertiary/aromatic N) is 3. The molecule has 1 aliphatic carbocycles. The molecule has 2 aromatic heterocycles. The van der Waals surface area contributed by atoms with Gasteiger partial charge in [0, 0.05) is 50.3 Å². The van der Waals surface area contributed by atoms with E-state index < -0.39 is 0 Å². The summed E-state index contributed by atoms with van der Waals surface area (Å²) in [6, 6.07) is 2.37. The van der Waals surface area contributed by atoms with Crippen molar-refractivity contribution in [3.8, 4) is 0 Å². The highest BCUT2D eigenvalue weighted by atomic mass is 32.1. The van der Waals surface area contributed by atoms with Gasteiger partial charge in [0.2, 0.25) is 0 Å². The molecular formula is C21H26N4O2S. The first kappa shape index (κ1) is 18.1. The Morgan fingerprint density at radius 1 is 1.21 bits per heavy atom. The van der Waals surface area contributed by atoms with Gasteiger partial charge in [0.05, 0.1) is 0 Å². The van der Waals surface area contributed by atoms with Crippen molar-refractivity contribution in [2.75, 3.05) is 13.1 Å². The number of likely N-dealkylation sites (tertiary alicyclic amines) is 1. The van der Waals surface area contributed by atoms with Crippen LogP contribution in [0.25, 0.3) is 0 Å². The molecule has 0 radical (unpaired) electrons. The first-order valence-electron chi connectivity index (χ1n) is 10.3. The van der Waals surface area contributed by atoms with Crippen LogP contribution >= 0.6 is 11.3 Å². The van der Waals surface area contributed by atoms with Crippen molar-refractivity contribution in [3.05, 3.63) is 50.3 Å². The maximum Gasteiger partial charge on any atom is 0.285 e. The lowest BCUT2D eigenvalue weighted by molar-refractivity contribution is 0.0925. The summed E-state index contributed by atoms with van der Waals surface area (Å²) in [6.45, 7) is 3.75. The number of hydrogen-bond donors (Lipinski definition) is 1. The zero-order valence-electron chi connectivity index (χ0n) is 16.0. The summed E-state index contributed by atoms with van der Waals surface area (Å²) in [7, 11) is 0. The topological polar surface area (TPSA) is 67.2 Å². The molecule has 0 aromatic carbocycles. The average Bonchev–Trinajstić information content (AvgIpc) is 3.39. The van der Waals surface area contributed by atoms with Crippen molar-refractivity contribution in [2.24, 2.45) is 5.92 Å². The second kappa shape index (κ2) is 7.44. The molecule has 28 heavy (non-hydrogen) atoms. The molecule has 4 heterocycles. The molecule has 2 aliphatic heterocycles. The molecule has 0 spiro atoms. The van der Waals surface area contributed by atoms with Crippen LogP contribution in [0.2, 0.25) is 0 Å². The number of aromatic nitrogens is 2. The van der Waals surface area contributed by atoms with E-state index in [0.29, 0.717) is 11.8 Å². The van der Waals surface area contributed by atoms with Gasteiger partial charge in [-0.15, -0.1) is 0 Å². The fraction of sp³-hybridized carbons (Fsp3) is 0.571. The van der Waals surface area contributed by atoms with E-state index in [9.17, 15) is 9.59 Å². The summed E-state index contributed by atoms with van der Waals surface area (Å²) in [5.41, 5.74) is 1.17. The SMILES string of the molecule is O=C(NC1CCCCC1)c1cn2c(nc1=O)[C@@H]1CN(Cc3ccsc3)C[C@H]1C2. The minimum absolute atomic E-state index is 0.198. The number of carbonyl (C=O) groups excluding carboxylic acids is 1. The number of thiophene rings is 1. The normalized spacial score (nSPS) is 24.9. The Morgan fingerprint density at radius 2 is 2.07 bits per heavy atom. The number of amides is 1. The van der Waals surface area contributed by atoms with Crippen LogP contribution in [0.4, 0.5) is 0 Å². The summed E-state index contributed by atoms with van der Waals surface area (Å²) in [4.78, 5) is 32.0. The van der Waals surface area contributed by atoms with Crippen molar-refractivity contribution in [2.45, 2.75) is 57.2 Å². The van der Waals surface area contributed by atoms with Crippen LogP contribution in [0, 0.1) is 5.92 Å². The van der Waals surface area contributed by atoms with Crippen LogP contribution in [-0.4, -0.2) is 39.5 Å². The molecule has 1 saturated heterocycles. The molecule has 1 saturated carbocycles. The Bertz CT molecular complexity index is 917. The summed E-state index contributed by atoms with van der Waals surface area (Å²) in [5, 5.41) is 7.36. The summed E-state index contributed by atoms with van der Waals surface area (Å²) in [5.74, 6) is 1.37. The predicted octanol–water partition coefficient (Wildman–Crippen LogP) is 2.60. The highest BCUT2D eigenvalue weighted by molar-refractivity contribution is 7.07. The third-order valence-corrected chi connectivity index (χ3v) is 7.21. The summed E-state index contributed by atoms with van der Waals surface area (Å²) < 4.78 is 2.05. The molecular weight excluding hydrogens is 372 g/mol. The zero-order valence-corrected chi connectivity index (χ0v) is 16.8. The van der Waals surface area contributed by atoms with Crippen LogP contribution in [0.1, 0.15) is 59.8 Å². The third kappa shape index (κ3) is 3.42. The second-order valence-corrected chi connectivity index (χ2v) is 9.25. The van der Waals surface area contributed by atoms with E-state index in [4.69, 9.17) is 0 Å². The van der Waals surface area contributed by atoms with Crippen LogP contribution in [0.3, 0.4) is 0 Å². The first-order valence-corrected chi connectivity index (χ1v) is 11.3. The predicted molar refractivity (Wildman–Crippen MR) is 109 cm³/mol. The first-order chi connectivity index (χ1) is 13.7. The lowest BCUT2D eigenvalue weighted by atomic mass is 9.95. The van der Waals surface area contributed by atoms with E-state index in [0.717, 1.165) is 57.7 Å². The minimum atomic E-state index is -0.378. The second-order valence-electron chi connectivity index (χ2n) is 8.47. The van der Waals surface area contributed by atoms with Crippen LogP contribution in [0.15, 0.2) is 27.8 Å². The Labute approximate surface area is 168 Å². The van der Waals surface area contributed by atoms with E-state index in [1.54, 1.807) is 17.5 Å². The number of fused-ring (bicyclic) bond motifs is 3. The van der Waals surface area contributed by atoms with Gasteiger partial charge in [-0.2, -0.15) is 16.3 Å². The van der Waals surface area contributed by atoms with E-state index in [1.165, 1.54) is 12.0 Å². The highest BCUT2D eigenvalue weighted by Gasteiger charge is 2.41. The summed E-state index contributed by atoms with van der Waals surface area (Å²) >= 11 is 1.73. The van der Waals surface area contributed by atoms with Crippen LogP contribution in [-0.2, 0) is 13.1 Å². The summed E-state index contributed by atoms with van der Waals surface area (Å²) in [6.07, 6.45) is 7.31. The Balaban J connectivity index is 1.30. The number of nitrogens with one attached hydrogen (secondary N) is 1. The van der Waals surface area contributed by atoms with Gasteiger partial charge >= 0.3 is 0 Å². The molecule has 5 rings (SSSR count). The zero-order chi connectivity index (χ0) is 19.1. The lowest BCUT2D eigenvalue weighted by Gasteiger charge is -2.22. The third-order valence-electron chi connectivity index (χ3n) is 6.48. The molecule has 0 unspecified atom stereocenters. The van der Waals surface area contributed by atoms with Gasteiger partial charge in [0.25, 0.3) is 11.5 Å². The van der Waals surface area contributed by atoms with Gasteiger partial charge in [-0.25, -0.2) is 0 Å². The molecule has 148 valence electrons. The molecule has 2 fully saturated rings. The van der Waals surface area contributed by atoms with Crippen LogP contribution < -0.4 is 10.9 Å². The maximum atomic E-state index is 12.6. The molecule has 2 atom stereocenters. The van der Waals surface area contributed by atoms with Gasteiger partial charge in [-0.05, 0) is 35.2 Å². The van der Waals surface area contributed by atoms with Crippen molar-refractivity contribution in [1.82, 2.24) is 19.8 Å². The van der Waals surface area contributed by atoms with Gasteiger partial charge in [-0.3, -0.25) is 14.5 Å². The Kier molecular flexibility index (Phi) is 4.80. The monoisotopic (exact) mass is 398 g/mol. The quantitative estimate of drug-likeness (QED) is 0.860. The average molecular weight is 399 g/mol. The van der Waals surface area contributed by atoms with Crippen molar-refractivity contribution in [3.63, 3.8) is 0 Å². The van der Waals surface area contributed by atoms with Crippen molar-refractivity contribution >= 4 is 17.2 Å². The van der Waals surface area contributed by atoms with E-state index in [-0.39, 0.29) is 23.1 Å². The van der Waals surface area contributed by atoms with Gasteiger partial charge in [0.1, 0.15) is 11.4 Å². The van der Waals surface area contributed by atoms with Crippen molar-refractivity contribution < 1.29 is 4.79 Å². The fourth-order valence-corrected chi connectivity index (χ4v) is 5.73. The van der Waals surface area contributed by atoms with Crippen LogP contribution in [0.5, 0.6) is 0 Å². The molecule has 2 aromatic rings. The molecule has 1 N–H and O–H groups in total. The standard InChI is InChI=1S/C21H26N4O2S/c26-20(22-16-4-2-1-3-5-16)18-12-25-10-15-9-24(8-14-6-7-28-13-14)11-17(15)19(25)23-21(18)27/h6-7,12-13,15-17H,1-5,8-11H2,(H,22,26)/t15-,17+/m0/s1. The molecule has 3 aliphatic rings. The number of carbonyl (C=O) groups is 1. The van der Waals surface area contributed by atoms with Gasteiger partial charge in [-0.1, -0.05) is 19.3 Å². The lowest BCUT2D eigenvalue weighted by Crippen LogP contribution is -2.39. The fourth-order valence-electron chi connectivity index (χ4n) is 5.07. The maximum absolute atomic E-state index is 12.6. The molecule has 1 amide bonds. The number of rotatable bonds is 4. The highest BCUT2D eigenvalue weighted by Crippen LogP contribution is 2.38. The largest absolute Gasteiger partial charge is 0.349 e. The smallest absolute Gasteiger partial charge is 0.285 e. The van der Waals surface area contributed by atoms with Gasteiger partial charge < -0.3 is 9.88 Å². The Hall–Kier alpha value is -1.99. The van der Waals surface area contributed by atoms with E-state index in [2.05, 4.69) is 36.6 Å². The van der Waals surface area contributed by atoms with E-state index >= 15 is 0 Å². The minimum Gasteiger partial charge on any atom is -0.349 e. The molecule has 6 nitrogen and oxygen atoms in total. The molecule has 0 bridgehead atoms. The molecule has 7 heteroatoms.